The van der Waals surface area contributed by atoms with Gasteiger partial charge < -0.3 is 14.6 Å². The predicted octanol–water partition coefficient (Wildman–Crippen LogP) is 1.70. The van der Waals surface area contributed by atoms with Crippen LogP contribution in [0.2, 0.25) is 0 Å². The number of amides is 1. The number of imidazole rings is 1. The van der Waals surface area contributed by atoms with Crippen LogP contribution in [0.15, 0.2) is 23.4 Å². The second kappa shape index (κ2) is 7.25. The van der Waals surface area contributed by atoms with Crippen LogP contribution in [0.5, 0.6) is 5.75 Å². The van der Waals surface area contributed by atoms with Crippen molar-refractivity contribution in [1.29, 1.82) is 0 Å². The van der Waals surface area contributed by atoms with Gasteiger partial charge in [0.2, 0.25) is 5.91 Å². The smallest absolute Gasteiger partial charge is 0.233 e. The SMILES string of the molecule is CCN(C(=O)CSc1nc2ccc(OC)cc2[nH]1)[C@@H]1CCS(=O)(=O)C1. The van der Waals surface area contributed by atoms with Gasteiger partial charge in [-0.25, -0.2) is 13.4 Å². The van der Waals surface area contributed by atoms with E-state index in [9.17, 15) is 13.2 Å². The number of sulfone groups is 1. The fraction of sp³-hybridized carbons (Fsp3) is 0.500. The maximum absolute atomic E-state index is 12.5. The molecule has 0 radical (unpaired) electrons. The Bertz CT molecular complexity index is 879. The molecule has 1 fully saturated rings. The highest BCUT2D eigenvalue weighted by Crippen LogP contribution is 2.24. The van der Waals surface area contributed by atoms with Crippen molar-refractivity contribution < 1.29 is 17.9 Å². The fourth-order valence-corrected chi connectivity index (χ4v) is 5.53. The van der Waals surface area contributed by atoms with E-state index in [0.717, 1.165) is 16.8 Å². The molecule has 0 unspecified atom stereocenters. The molecule has 25 heavy (non-hydrogen) atoms. The molecule has 1 aliphatic heterocycles. The van der Waals surface area contributed by atoms with Crippen molar-refractivity contribution in [3.05, 3.63) is 18.2 Å². The zero-order chi connectivity index (χ0) is 18.0. The van der Waals surface area contributed by atoms with Gasteiger partial charge in [-0.3, -0.25) is 4.79 Å². The van der Waals surface area contributed by atoms with Gasteiger partial charge in [-0.1, -0.05) is 11.8 Å². The Labute approximate surface area is 151 Å². The van der Waals surface area contributed by atoms with Crippen molar-refractivity contribution in [1.82, 2.24) is 14.9 Å². The summed E-state index contributed by atoms with van der Waals surface area (Å²) in [7, 11) is -1.40. The number of rotatable bonds is 6. The largest absolute Gasteiger partial charge is 0.497 e. The van der Waals surface area contributed by atoms with Crippen molar-refractivity contribution >= 4 is 38.5 Å². The van der Waals surface area contributed by atoms with Crippen molar-refractivity contribution in [3.63, 3.8) is 0 Å². The molecule has 7 nitrogen and oxygen atoms in total. The van der Waals surface area contributed by atoms with Crippen molar-refractivity contribution in [2.45, 2.75) is 24.5 Å². The molecule has 0 bridgehead atoms. The number of methoxy groups -OCH3 is 1. The van der Waals surface area contributed by atoms with Crippen LogP contribution in [0.25, 0.3) is 11.0 Å². The monoisotopic (exact) mass is 383 g/mol. The molecule has 1 amide bonds. The average molecular weight is 383 g/mol. The quantitative estimate of drug-likeness (QED) is 0.764. The van der Waals surface area contributed by atoms with Gasteiger partial charge in [0.25, 0.3) is 0 Å². The summed E-state index contributed by atoms with van der Waals surface area (Å²) in [6, 6.07) is 5.35. The zero-order valence-electron chi connectivity index (χ0n) is 14.2. The van der Waals surface area contributed by atoms with E-state index < -0.39 is 9.84 Å². The number of fused-ring (bicyclic) bond motifs is 1. The summed E-state index contributed by atoms with van der Waals surface area (Å²) in [4.78, 5) is 21.8. The molecule has 2 heterocycles. The summed E-state index contributed by atoms with van der Waals surface area (Å²) >= 11 is 1.32. The number of hydrogen-bond acceptors (Lipinski definition) is 6. The van der Waals surface area contributed by atoms with Crippen LogP contribution < -0.4 is 4.74 Å². The molecule has 1 aliphatic rings. The molecule has 9 heteroatoms. The maximum atomic E-state index is 12.5. The van der Waals surface area contributed by atoms with Crippen molar-refractivity contribution in [2.24, 2.45) is 0 Å². The number of aromatic amines is 1. The van der Waals surface area contributed by atoms with Gasteiger partial charge in [-0.05, 0) is 25.5 Å². The minimum Gasteiger partial charge on any atom is -0.497 e. The van der Waals surface area contributed by atoms with E-state index in [0.29, 0.717) is 18.1 Å². The lowest BCUT2D eigenvalue weighted by molar-refractivity contribution is -0.129. The second-order valence-corrected chi connectivity index (χ2v) is 9.14. The third-order valence-electron chi connectivity index (χ3n) is 4.31. The summed E-state index contributed by atoms with van der Waals surface area (Å²) in [5, 5.41) is 0.659. The third kappa shape index (κ3) is 4.09. The molecule has 2 aromatic rings. The van der Waals surface area contributed by atoms with E-state index in [2.05, 4.69) is 9.97 Å². The van der Waals surface area contributed by atoms with E-state index >= 15 is 0 Å². The number of nitrogens with zero attached hydrogens (tertiary/aromatic N) is 2. The fourth-order valence-electron chi connectivity index (χ4n) is 3.03. The number of carbonyl (C=O) groups is 1. The molecule has 1 atom stereocenters. The third-order valence-corrected chi connectivity index (χ3v) is 6.92. The summed E-state index contributed by atoms with van der Waals surface area (Å²) < 4.78 is 28.5. The Hall–Kier alpha value is -1.74. The second-order valence-electron chi connectivity index (χ2n) is 5.95. The summed E-state index contributed by atoms with van der Waals surface area (Å²) in [5.74, 6) is 1.14. The summed E-state index contributed by atoms with van der Waals surface area (Å²) in [6.07, 6.45) is 0.525. The van der Waals surface area contributed by atoms with Crippen LogP contribution in [-0.2, 0) is 14.6 Å². The maximum Gasteiger partial charge on any atom is 0.233 e. The lowest BCUT2D eigenvalue weighted by atomic mass is 10.2. The number of carbonyl (C=O) groups excluding carboxylic acids is 1. The molecule has 1 aromatic heterocycles. The zero-order valence-corrected chi connectivity index (χ0v) is 15.8. The van der Waals surface area contributed by atoms with Crippen LogP contribution in [0.3, 0.4) is 0 Å². The van der Waals surface area contributed by atoms with Crippen LogP contribution in [0.4, 0.5) is 0 Å². The van der Waals surface area contributed by atoms with Gasteiger partial charge >= 0.3 is 0 Å². The number of H-pyrrole nitrogens is 1. The van der Waals surface area contributed by atoms with E-state index in [1.165, 1.54) is 11.8 Å². The highest BCUT2D eigenvalue weighted by atomic mass is 32.2. The minimum atomic E-state index is -3.01. The molecule has 136 valence electrons. The predicted molar refractivity (Wildman–Crippen MR) is 97.8 cm³/mol. The van der Waals surface area contributed by atoms with Gasteiger partial charge in [0, 0.05) is 18.7 Å². The van der Waals surface area contributed by atoms with Gasteiger partial charge in [-0.15, -0.1) is 0 Å². The highest BCUT2D eigenvalue weighted by Gasteiger charge is 2.33. The van der Waals surface area contributed by atoms with Gasteiger partial charge in [-0.2, -0.15) is 0 Å². The van der Waals surface area contributed by atoms with Crippen molar-refractivity contribution in [3.8, 4) is 5.75 Å². The molecule has 0 saturated carbocycles. The normalized spacial score (nSPS) is 19.2. The standard InChI is InChI=1S/C16H21N3O4S2/c1-3-19(11-6-7-25(21,22)10-11)15(20)9-24-16-17-13-5-4-12(23-2)8-14(13)18-16/h4-5,8,11H,3,6-7,9-10H2,1-2H3,(H,17,18)/t11-/m1/s1. The van der Waals surface area contributed by atoms with E-state index in [1.54, 1.807) is 12.0 Å². The number of ether oxygens (including phenoxy) is 1. The van der Waals surface area contributed by atoms with Gasteiger partial charge in [0.05, 0.1) is 35.4 Å². The molecular weight excluding hydrogens is 362 g/mol. The van der Waals surface area contributed by atoms with Gasteiger partial charge in [0.15, 0.2) is 15.0 Å². The first-order valence-electron chi connectivity index (χ1n) is 8.08. The Balaban J connectivity index is 1.65. The van der Waals surface area contributed by atoms with E-state index in [4.69, 9.17) is 4.74 Å². The molecule has 1 saturated heterocycles. The van der Waals surface area contributed by atoms with Crippen LogP contribution in [-0.4, -0.2) is 66.1 Å². The lowest BCUT2D eigenvalue weighted by Gasteiger charge is -2.26. The Morgan fingerprint density at radius 1 is 1.48 bits per heavy atom. The minimum absolute atomic E-state index is 0.0624. The molecule has 1 aromatic carbocycles. The number of thioether (sulfide) groups is 1. The van der Waals surface area contributed by atoms with Crippen LogP contribution in [0.1, 0.15) is 13.3 Å². The summed E-state index contributed by atoms with van der Waals surface area (Å²) in [6.45, 7) is 2.39. The first-order valence-corrected chi connectivity index (χ1v) is 10.9. The lowest BCUT2D eigenvalue weighted by Crippen LogP contribution is -2.41. The van der Waals surface area contributed by atoms with Crippen LogP contribution in [0, 0.1) is 0 Å². The molecule has 0 spiro atoms. The highest BCUT2D eigenvalue weighted by molar-refractivity contribution is 7.99. The first kappa shape index (κ1) is 18.1. The Kier molecular flexibility index (Phi) is 5.24. The molecule has 0 aliphatic carbocycles. The Morgan fingerprint density at radius 3 is 2.92 bits per heavy atom. The topological polar surface area (TPSA) is 92.4 Å². The summed E-state index contributed by atoms with van der Waals surface area (Å²) in [5.41, 5.74) is 1.66. The molecule has 3 rings (SSSR count). The van der Waals surface area contributed by atoms with Gasteiger partial charge in [0.1, 0.15) is 5.75 Å². The van der Waals surface area contributed by atoms with Crippen LogP contribution >= 0.6 is 11.8 Å². The number of nitrogens with one attached hydrogen (secondary N) is 1. The van der Waals surface area contributed by atoms with Crippen molar-refractivity contribution in [2.75, 3.05) is 30.9 Å². The van der Waals surface area contributed by atoms with E-state index in [1.807, 2.05) is 25.1 Å². The number of aromatic nitrogens is 2. The number of hydrogen-bond donors (Lipinski definition) is 1. The average Bonchev–Trinajstić information content (AvgIpc) is 3.15. The first-order chi connectivity index (χ1) is 11.9. The number of benzene rings is 1. The molecular formula is C16H21N3O4S2. The Morgan fingerprint density at radius 2 is 2.28 bits per heavy atom. The van der Waals surface area contributed by atoms with E-state index in [-0.39, 0.29) is 29.2 Å². The molecule has 1 N–H and O–H groups in total.